The molecule has 3 heteroatoms. The SMILES string of the molecule is CC1NCC(C)(C)COC1c1ccco1. The zero-order valence-corrected chi connectivity index (χ0v) is 9.62. The van der Waals surface area contributed by atoms with Crippen molar-refractivity contribution in [1.82, 2.24) is 5.32 Å². The Bertz CT molecular complexity index is 305. The van der Waals surface area contributed by atoms with Gasteiger partial charge in [0.2, 0.25) is 0 Å². The fourth-order valence-corrected chi connectivity index (χ4v) is 1.84. The molecule has 2 unspecified atom stereocenters. The molecule has 15 heavy (non-hydrogen) atoms. The van der Waals surface area contributed by atoms with E-state index in [2.05, 4.69) is 26.1 Å². The Morgan fingerprint density at radius 1 is 1.47 bits per heavy atom. The molecule has 2 heterocycles. The van der Waals surface area contributed by atoms with E-state index in [9.17, 15) is 0 Å². The van der Waals surface area contributed by atoms with Crippen LogP contribution in [-0.4, -0.2) is 19.2 Å². The van der Waals surface area contributed by atoms with Crippen molar-refractivity contribution in [3.63, 3.8) is 0 Å². The normalized spacial score (nSPS) is 31.1. The maximum Gasteiger partial charge on any atom is 0.134 e. The summed E-state index contributed by atoms with van der Waals surface area (Å²) in [6.45, 7) is 8.28. The van der Waals surface area contributed by atoms with Crippen LogP contribution in [0.25, 0.3) is 0 Å². The van der Waals surface area contributed by atoms with Crippen molar-refractivity contribution in [2.45, 2.75) is 32.9 Å². The quantitative estimate of drug-likeness (QED) is 0.771. The Labute approximate surface area is 90.8 Å². The number of rotatable bonds is 1. The molecular formula is C12H19NO2. The van der Waals surface area contributed by atoms with Gasteiger partial charge in [-0.2, -0.15) is 0 Å². The van der Waals surface area contributed by atoms with E-state index in [0.717, 1.165) is 18.9 Å². The van der Waals surface area contributed by atoms with Crippen molar-refractivity contribution in [3.05, 3.63) is 24.2 Å². The number of ether oxygens (including phenoxy) is 1. The third-order valence-corrected chi connectivity index (χ3v) is 2.83. The molecule has 1 saturated heterocycles. The van der Waals surface area contributed by atoms with E-state index in [0.29, 0.717) is 0 Å². The molecule has 0 spiro atoms. The summed E-state index contributed by atoms with van der Waals surface area (Å²) in [5.74, 6) is 0.910. The van der Waals surface area contributed by atoms with Gasteiger partial charge in [-0.25, -0.2) is 0 Å². The van der Waals surface area contributed by atoms with Crippen LogP contribution >= 0.6 is 0 Å². The second kappa shape index (κ2) is 3.99. The monoisotopic (exact) mass is 209 g/mol. The number of furan rings is 1. The molecule has 1 aromatic heterocycles. The van der Waals surface area contributed by atoms with Gasteiger partial charge in [-0.1, -0.05) is 13.8 Å². The van der Waals surface area contributed by atoms with Crippen molar-refractivity contribution >= 4 is 0 Å². The first-order chi connectivity index (χ1) is 7.08. The van der Waals surface area contributed by atoms with Gasteiger partial charge in [-0.05, 0) is 19.1 Å². The molecule has 1 aromatic rings. The predicted molar refractivity (Wildman–Crippen MR) is 58.6 cm³/mol. The van der Waals surface area contributed by atoms with Gasteiger partial charge in [0.05, 0.1) is 12.9 Å². The largest absolute Gasteiger partial charge is 0.467 e. The summed E-state index contributed by atoms with van der Waals surface area (Å²) >= 11 is 0. The first kappa shape index (κ1) is 10.7. The van der Waals surface area contributed by atoms with Crippen LogP contribution in [0.15, 0.2) is 22.8 Å². The maximum absolute atomic E-state index is 5.92. The fourth-order valence-electron chi connectivity index (χ4n) is 1.84. The Morgan fingerprint density at radius 2 is 2.27 bits per heavy atom. The summed E-state index contributed by atoms with van der Waals surface area (Å²) in [4.78, 5) is 0. The Morgan fingerprint density at radius 3 is 2.93 bits per heavy atom. The lowest BCUT2D eigenvalue weighted by Crippen LogP contribution is -2.35. The molecule has 2 rings (SSSR count). The highest BCUT2D eigenvalue weighted by Crippen LogP contribution is 2.28. The zero-order valence-electron chi connectivity index (χ0n) is 9.62. The van der Waals surface area contributed by atoms with Crippen molar-refractivity contribution in [2.75, 3.05) is 13.2 Å². The number of hydrogen-bond acceptors (Lipinski definition) is 3. The van der Waals surface area contributed by atoms with Gasteiger partial charge in [0.15, 0.2) is 0 Å². The molecule has 0 amide bonds. The minimum atomic E-state index is 0.0294. The van der Waals surface area contributed by atoms with Crippen LogP contribution in [0.3, 0.4) is 0 Å². The first-order valence-electron chi connectivity index (χ1n) is 5.47. The first-order valence-corrected chi connectivity index (χ1v) is 5.47. The van der Waals surface area contributed by atoms with Gasteiger partial charge >= 0.3 is 0 Å². The molecule has 84 valence electrons. The van der Waals surface area contributed by atoms with E-state index in [1.54, 1.807) is 6.26 Å². The predicted octanol–water partition coefficient (Wildman–Crippen LogP) is 2.36. The lowest BCUT2D eigenvalue weighted by molar-refractivity contribution is 0.000916. The van der Waals surface area contributed by atoms with Crippen LogP contribution in [0.1, 0.15) is 32.6 Å². The number of hydrogen-bond donors (Lipinski definition) is 1. The average molecular weight is 209 g/mol. The molecule has 0 saturated carbocycles. The molecular weight excluding hydrogens is 190 g/mol. The molecule has 1 fully saturated rings. The van der Waals surface area contributed by atoms with Crippen molar-refractivity contribution in [2.24, 2.45) is 5.41 Å². The summed E-state index contributed by atoms with van der Waals surface area (Å²) < 4.78 is 11.3. The second-order valence-corrected chi connectivity index (χ2v) is 5.08. The van der Waals surface area contributed by atoms with E-state index in [1.165, 1.54) is 0 Å². The van der Waals surface area contributed by atoms with Crippen LogP contribution in [-0.2, 0) is 4.74 Å². The van der Waals surface area contributed by atoms with Crippen LogP contribution in [0.5, 0.6) is 0 Å². The van der Waals surface area contributed by atoms with Crippen molar-refractivity contribution < 1.29 is 9.15 Å². The Kier molecular flexibility index (Phi) is 2.85. The van der Waals surface area contributed by atoms with Gasteiger partial charge in [0, 0.05) is 18.0 Å². The molecule has 0 aliphatic carbocycles. The summed E-state index contributed by atoms with van der Waals surface area (Å²) in [7, 11) is 0. The summed E-state index contributed by atoms with van der Waals surface area (Å²) in [6.07, 6.45) is 1.73. The van der Waals surface area contributed by atoms with Crippen LogP contribution < -0.4 is 5.32 Å². The van der Waals surface area contributed by atoms with Crippen LogP contribution in [0, 0.1) is 5.41 Å². The van der Waals surface area contributed by atoms with Gasteiger partial charge < -0.3 is 14.5 Å². The molecule has 0 aromatic carbocycles. The standard InChI is InChI=1S/C12H19NO2/c1-9-11(10-5-4-6-14-10)15-8-12(2,3)7-13-9/h4-6,9,11,13H,7-8H2,1-3H3. The molecule has 1 aliphatic heterocycles. The zero-order chi connectivity index (χ0) is 10.9. The van der Waals surface area contributed by atoms with Gasteiger partial charge in [0.25, 0.3) is 0 Å². The molecule has 0 radical (unpaired) electrons. The summed E-state index contributed by atoms with van der Waals surface area (Å²) in [5.41, 5.74) is 0.190. The second-order valence-electron chi connectivity index (χ2n) is 5.08. The van der Waals surface area contributed by atoms with Crippen LogP contribution in [0.2, 0.25) is 0 Å². The lowest BCUT2D eigenvalue weighted by atomic mass is 9.95. The minimum absolute atomic E-state index is 0.0294. The van der Waals surface area contributed by atoms with E-state index >= 15 is 0 Å². The average Bonchev–Trinajstić information content (AvgIpc) is 2.64. The lowest BCUT2D eigenvalue weighted by Gasteiger charge is -2.21. The Hall–Kier alpha value is -0.800. The van der Waals surface area contributed by atoms with Gasteiger partial charge in [0.1, 0.15) is 11.9 Å². The fraction of sp³-hybridized carbons (Fsp3) is 0.667. The third-order valence-electron chi connectivity index (χ3n) is 2.83. The van der Waals surface area contributed by atoms with E-state index < -0.39 is 0 Å². The van der Waals surface area contributed by atoms with Gasteiger partial charge in [-0.15, -0.1) is 0 Å². The van der Waals surface area contributed by atoms with E-state index in [-0.39, 0.29) is 17.6 Å². The topological polar surface area (TPSA) is 34.4 Å². The summed E-state index contributed by atoms with van der Waals surface area (Å²) in [5, 5.41) is 3.49. The highest BCUT2D eigenvalue weighted by molar-refractivity contribution is 5.05. The highest BCUT2D eigenvalue weighted by Gasteiger charge is 2.31. The van der Waals surface area contributed by atoms with E-state index in [4.69, 9.17) is 9.15 Å². The van der Waals surface area contributed by atoms with Gasteiger partial charge in [-0.3, -0.25) is 0 Å². The molecule has 0 bridgehead atoms. The molecule has 1 N–H and O–H groups in total. The number of nitrogens with one attached hydrogen (secondary N) is 1. The molecule has 3 nitrogen and oxygen atoms in total. The van der Waals surface area contributed by atoms with Crippen molar-refractivity contribution in [1.29, 1.82) is 0 Å². The van der Waals surface area contributed by atoms with Crippen LogP contribution in [0.4, 0.5) is 0 Å². The Balaban J connectivity index is 2.12. The smallest absolute Gasteiger partial charge is 0.134 e. The molecule has 1 aliphatic rings. The van der Waals surface area contributed by atoms with Crippen molar-refractivity contribution in [3.8, 4) is 0 Å². The third kappa shape index (κ3) is 2.41. The minimum Gasteiger partial charge on any atom is -0.467 e. The maximum atomic E-state index is 5.92. The van der Waals surface area contributed by atoms with E-state index in [1.807, 2.05) is 12.1 Å². The highest BCUT2D eigenvalue weighted by atomic mass is 16.5. The molecule has 2 atom stereocenters. The summed E-state index contributed by atoms with van der Waals surface area (Å²) in [6, 6.07) is 4.17.